The lowest BCUT2D eigenvalue weighted by molar-refractivity contribution is 0.414. The molecule has 0 bridgehead atoms. The summed E-state index contributed by atoms with van der Waals surface area (Å²) in [5, 5.41) is 0. The van der Waals surface area contributed by atoms with Gasteiger partial charge in [-0.3, -0.25) is 0 Å². The standard InChI is InChI=1S/C14H14BrNO3S/c1-19-13-6-2-11(3-7-13)10-16-20(17,18)14-8-4-12(15)5-9-14/h2-9,16H,10H2,1H3. The molecule has 2 aromatic carbocycles. The molecule has 4 nitrogen and oxygen atoms in total. The molecule has 0 aliphatic rings. The van der Waals surface area contributed by atoms with Gasteiger partial charge in [0.15, 0.2) is 0 Å². The second-order valence-corrected chi connectivity index (χ2v) is 6.81. The van der Waals surface area contributed by atoms with Gasteiger partial charge in [-0.05, 0) is 42.0 Å². The second kappa shape index (κ2) is 6.39. The van der Waals surface area contributed by atoms with Crippen LogP contribution in [-0.2, 0) is 16.6 Å². The smallest absolute Gasteiger partial charge is 0.240 e. The Balaban J connectivity index is 2.06. The first-order valence-electron chi connectivity index (χ1n) is 5.89. The van der Waals surface area contributed by atoms with Crippen molar-refractivity contribution in [1.29, 1.82) is 0 Å². The Labute approximate surface area is 127 Å². The number of sulfonamides is 1. The highest BCUT2D eigenvalue weighted by Gasteiger charge is 2.13. The Kier molecular flexibility index (Phi) is 4.80. The van der Waals surface area contributed by atoms with Crippen LogP contribution in [0.25, 0.3) is 0 Å². The van der Waals surface area contributed by atoms with E-state index in [0.29, 0.717) is 0 Å². The number of methoxy groups -OCH3 is 1. The molecule has 0 amide bonds. The molecular weight excluding hydrogens is 342 g/mol. The Morgan fingerprint density at radius 2 is 1.65 bits per heavy atom. The van der Waals surface area contributed by atoms with Crippen molar-refractivity contribution in [3.63, 3.8) is 0 Å². The molecule has 0 fully saturated rings. The minimum atomic E-state index is -3.49. The number of rotatable bonds is 5. The highest BCUT2D eigenvalue weighted by Crippen LogP contribution is 2.15. The molecular formula is C14H14BrNO3S. The topological polar surface area (TPSA) is 55.4 Å². The fourth-order valence-electron chi connectivity index (χ4n) is 1.62. The van der Waals surface area contributed by atoms with Crippen LogP contribution < -0.4 is 9.46 Å². The van der Waals surface area contributed by atoms with Gasteiger partial charge in [-0.15, -0.1) is 0 Å². The van der Waals surface area contributed by atoms with E-state index >= 15 is 0 Å². The van der Waals surface area contributed by atoms with Crippen LogP contribution in [0.15, 0.2) is 57.9 Å². The van der Waals surface area contributed by atoms with Crippen molar-refractivity contribution in [1.82, 2.24) is 4.72 Å². The average molecular weight is 356 g/mol. The van der Waals surface area contributed by atoms with E-state index in [1.807, 2.05) is 12.1 Å². The lowest BCUT2D eigenvalue weighted by Crippen LogP contribution is -2.23. The van der Waals surface area contributed by atoms with Gasteiger partial charge in [-0.2, -0.15) is 0 Å². The quantitative estimate of drug-likeness (QED) is 0.896. The molecule has 2 aromatic rings. The van der Waals surface area contributed by atoms with E-state index in [1.54, 1.807) is 43.5 Å². The Morgan fingerprint density at radius 3 is 2.20 bits per heavy atom. The van der Waals surface area contributed by atoms with E-state index in [0.717, 1.165) is 15.8 Å². The third-order valence-electron chi connectivity index (χ3n) is 2.75. The van der Waals surface area contributed by atoms with E-state index in [9.17, 15) is 8.42 Å². The fourth-order valence-corrected chi connectivity index (χ4v) is 2.90. The van der Waals surface area contributed by atoms with Crippen LogP contribution >= 0.6 is 15.9 Å². The van der Waals surface area contributed by atoms with Crippen molar-refractivity contribution in [2.45, 2.75) is 11.4 Å². The first-order chi connectivity index (χ1) is 9.51. The summed E-state index contributed by atoms with van der Waals surface area (Å²) in [6.07, 6.45) is 0. The highest BCUT2D eigenvalue weighted by atomic mass is 79.9. The lowest BCUT2D eigenvalue weighted by Gasteiger charge is -2.07. The molecule has 0 saturated carbocycles. The Morgan fingerprint density at radius 1 is 1.05 bits per heavy atom. The molecule has 0 aliphatic heterocycles. The van der Waals surface area contributed by atoms with Crippen LogP contribution in [-0.4, -0.2) is 15.5 Å². The van der Waals surface area contributed by atoms with Crippen molar-refractivity contribution in [2.75, 3.05) is 7.11 Å². The largest absolute Gasteiger partial charge is 0.497 e. The summed E-state index contributed by atoms with van der Waals surface area (Å²) in [5.41, 5.74) is 0.867. The number of halogens is 1. The normalized spacial score (nSPS) is 11.3. The maximum atomic E-state index is 12.1. The van der Waals surface area contributed by atoms with Crippen LogP contribution in [0.2, 0.25) is 0 Å². The van der Waals surface area contributed by atoms with E-state index in [4.69, 9.17) is 4.74 Å². The van der Waals surface area contributed by atoms with Gasteiger partial charge in [0.1, 0.15) is 5.75 Å². The molecule has 2 rings (SSSR count). The van der Waals surface area contributed by atoms with E-state index in [-0.39, 0.29) is 11.4 Å². The van der Waals surface area contributed by atoms with Crippen LogP contribution in [0, 0.1) is 0 Å². The molecule has 0 aromatic heterocycles. The maximum absolute atomic E-state index is 12.1. The monoisotopic (exact) mass is 355 g/mol. The van der Waals surface area contributed by atoms with Gasteiger partial charge >= 0.3 is 0 Å². The van der Waals surface area contributed by atoms with Gasteiger partial charge < -0.3 is 4.74 Å². The predicted octanol–water partition coefficient (Wildman–Crippen LogP) is 2.94. The first kappa shape index (κ1) is 15.0. The molecule has 20 heavy (non-hydrogen) atoms. The van der Waals surface area contributed by atoms with E-state index in [1.165, 1.54) is 0 Å². The van der Waals surface area contributed by atoms with Crippen molar-refractivity contribution < 1.29 is 13.2 Å². The van der Waals surface area contributed by atoms with Gasteiger partial charge in [0.2, 0.25) is 10.0 Å². The number of benzene rings is 2. The van der Waals surface area contributed by atoms with E-state index < -0.39 is 10.0 Å². The Bertz CT molecular complexity index is 667. The van der Waals surface area contributed by atoms with Crippen molar-refractivity contribution in [3.05, 3.63) is 58.6 Å². The summed E-state index contributed by atoms with van der Waals surface area (Å²) in [6, 6.07) is 13.7. The summed E-state index contributed by atoms with van der Waals surface area (Å²) in [5.74, 6) is 0.740. The van der Waals surface area contributed by atoms with Crippen LogP contribution in [0.3, 0.4) is 0 Å². The molecule has 6 heteroatoms. The van der Waals surface area contributed by atoms with Crippen molar-refractivity contribution in [2.24, 2.45) is 0 Å². The van der Waals surface area contributed by atoms with Gasteiger partial charge in [0, 0.05) is 11.0 Å². The van der Waals surface area contributed by atoms with Crippen LogP contribution in [0.1, 0.15) is 5.56 Å². The highest BCUT2D eigenvalue weighted by molar-refractivity contribution is 9.10. The van der Waals surface area contributed by atoms with Gasteiger partial charge in [0.05, 0.1) is 12.0 Å². The van der Waals surface area contributed by atoms with Gasteiger partial charge in [0.25, 0.3) is 0 Å². The van der Waals surface area contributed by atoms with E-state index in [2.05, 4.69) is 20.7 Å². The zero-order valence-corrected chi connectivity index (χ0v) is 13.2. The van der Waals surface area contributed by atoms with Crippen LogP contribution in [0.5, 0.6) is 5.75 Å². The molecule has 0 unspecified atom stereocenters. The Hall–Kier alpha value is -1.37. The SMILES string of the molecule is COc1ccc(CNS(=O)(=O)c2ccc(Br)cc2)cc1. The predicted molar refractivity (Wildman–Crippen MR) is 81.2 cm³/mol. The lowest BCUT2D eigenvalue weighted by atomic mass is 10.2. The zero-order valence-electron chi connectivity index (χ0n) is 10.8. The third-order valence-corrected chi connectivity index (χ3v) is 4.70. The molecule has 106 valence electrons. The first-order valence-corrected chi connectivity index (χ1v) is 8.17. The third kappa shape index (κ3) is 3.82. The molecule has 0 radical (unpaired) electrons. The zero-order chi connectivity index (χ0) is 14.6. The number of hydrogen-bond acceptors (Lipinski definition) is 3. The van der Waals surface area contributed by atoms with Crippen molar-refractivity contribution in [3.8, 4) is 5.75 Å². The summed E-state index contributed by atoms with van der Waals surface area (Å²) < 4.78 is 32.6. The maximum Gasteiger partial charge on any atom is 0.240 e. The number of nitrogens with one attached hydrogen (secondary N) is 1. The second-order valence-electron chi connectivity index (χ2n) is 4.13. The summed E-state index contributed by atoms with van der Waals surface area (Å²) in [7, 11) is -1.90. The molecule has 0 spiro atoms. The minimum Gasteiger partial charge on any atom is -0.497 e. The summed E-state index contributed by atoms with van der Waals surface area (Å²) in [6.45, 7) is 0.238. The molecule has 0 aliphatic carbocycles. The fraction of sp³-hybridized carbons (Fsp3) is 0.143. The van der Waals surface area contributed by atoms with Crippen LogP contribution in [0.4, 0.5) is 0 Å². The van der Waals surface area contributed by atoms with Crippen molar-refractivity contribution >= 4 is 26.0 Å². The minimum absolute atomic E-state index is 0.238. The number of ether oxygens (including phenoxy) is 1. The van der Waals surface area contributed by atoms with Gasteiger partial charge in [-0.25, -0.2) is 13.1 Å². The summed E-state index contributed by atoms with van der Waals surface area (Å²) >= 11 is 3.27. The molecule has 0 heterocycles. The number of hydrogen-bond donors (Lipinski definition) is 1. The molecule has 1 N–H and O–H groups in total. The molecule has 0 saturated heterocycles. The molecule has 0 atom stereocenters. The summed E-state index contributed by atoms with van der Waals surface area (Å²) in [4.78, 5) is 0.245. The van der Waals surface area contributed by atoms with Gasteiger partial charge in [-0.1, -0.05) is 28.1 Å². The average Bonchev–Trinajstić information content (AvgIpc) is 2.46.